The molecule has 0 atom stereocenters. The van der Waals surface area contributed by atoms with Crippen LogP contribution in [0.3, 0.4) is 0 Å². The highest BCUT2D eigenvalue weighted by molar-refractivity contribution is 7.89. The zero-order valence-corrected chi connectivity index (χ0v) is 21.8. The second-order valence-electron chi connectivity index (χ2n) is 9.69. The lowest BCUT2D eigenvalue weighted by Crippen LogP contribution is -2.50. The SMILES string of the molecule is Cc1cc(C(=O)N(C)C)ccc1CCS(=O)(=O)N1CCC2(CC1)N=C(c1cccc(C)c1F)NC2=O. The molecular formula is C26H31FN4O4S. The van der Waals surface area contributed by atoms with Gasteiger partial charge in [0.2, 0.25) is 10.0 Å². The lowest BCUT2D eigenvalue weighted by Gasteiger charge is -2.34. The number of halogens is 1. The summed E-state index contributed by atoms with van der Waals surface area (Å²) in [5.41, 5.74) is 1.91. The summed E-state index contributed by atoms with van der Waals surface area (Å²) in [6.07, 6.45) is 0.784. The van der Waals surface area contributed by atoms with Crippen LogP contribution in [0.1, 0.15) is 45.5 Å². The van der Waals surface area contributed by atoms with Crippen molar-refractivity contribution < 1.29 is 22.4 Å². The zero-order chi connectivity index (χ0) is 26.3. The molecule has 2 aromatic carbocycles. The monoisotopic (exact) mass is 514 g/mol. The van der Waals surface area contributed by atoms with Crippen LogP contribution in [0.2, 0.25) is 0 Å². The minimum absolute atomic E-state index is 0.0724. The molecule has 0 saturated carbocycles. The molecule has 1 N–H and O–H groups in total. The highest BCUT2D eigenvalue weighted by Gasteiger charge is 2.47. The minimum Gasteiger partial charge on any atom is -0.345 e. The van der Waals surface area contributed by atoms with Gasteiger partial charge in [0.1, 0.15) is 17.2 Å². The fourth-order valence-electron chi connectivity index (χ4n) is 4.68. The maximum absolute atomic E-state index is 14.6. The molecule has 1 spiro atoms. The number of carbonyl (C=O) groups is 2. The number of aryl methyl sites for hydroxylation is 3. The van der Waals surface area contributed by atoms with Crippen LogP contribution in [0.4, 0.5) is 4.39 Å². The van der Waals surface area contributed by atoms with Crippen molar-refractivity contribution in [3.8, 4) is 0 Å². The Morgan fingerprint density at radius 1 is 1.14 bits per heavy atom. The van der Waals surface area contributed by atoms with Crippen LogP contribution in [0.15, 0.2) is 41.4 Å². The fourth-order valence-corrected chi connectivity index (χ4v) is 6.16. The van der Waals surface area contributed by atoms with Gasteiger partial charge in [-0.1, -0.05) is 18.2 Å². The van der Waals surface area contributed by atoms with Crippen molar-refractivity contribution in [2.75, 3.05) is 32.9 Å². The van der Waals surface area contributed by atoms with Gasteiger partial charge in [0.05, 0.1) is 11.3 Å². The van der Waals surface area contributed by atoms with Crippen molar-refractivity contribution in [1.82, 2.24) is 14.5 Å². The quantitative estimate of drug-likeness (QED) is 0.640. The Hall–Kier alpha value is -3.11. The van der Waals surface area contributed by atoms with Crippen LogP contribution in [-0.2, 0) is 21.2 Å². The smallest absolute Gasteiger partial charge is 0.253 e. The van der Waals surface area contributed by atoms with Gasteiger partial charge in [0.15, 0.2) is 0 Å². The molecule has 192 valence electrons. The van der Waals surface area contributed by atoms with E-state index in [2.05, 4.69) is 10.3 Å². The molecular weight excluding hydrogens is 483 g/mol. The Morgan fingerprint density at radius 3 is 2.47 bits per heavy atom. The van der Waals surface area contributed by atoms with Gasteiger partial charge < -0.3 is 10.2 Å². The number of hydrogen-bond donors (Lipinski definition) is 1. The van der Waals surface area contributed by atoms with E-state index in [0.717, 1.165) is 11.1 Å². The number of rotatable bonds is 6. The molecule has 36 heavy (non-hydrogen) atoms. The van der Waals surface area contributed by atoms with Gasteiger partial charge in [-0.25, -0.2) is 17.1 Å². The molecule has 4 rings (SSSR count). The summed E-state index contributed by atoms with van der Waals surface area (Å²) in [7, 11) is -0.195. The number of amidine groups is 1. The van der Waals surface area contributed by atoms with E-state index in [1.165, 1.54) is 9.21 Å². The van der Waals surface area contributed by atoms with Crippen molar-refractivity contribution in [2.45, 2.75) is 38.6 Å². The van der Waals surface area contributed by atoms with Crippen LogP contribution in [0, 0.1) is 19.7 Å². The molecule has 2 aliphatic rings. The van der Waals surface area contributed by atoms with Crippen LogP contribution in [0.25, 0.3) is 0 Å². The normalized spacial score (nSPS) is 17.7. The van der Waals surface area contributed by atoms with E-state index in [9.17, 15) is 22.4 Å². The molecule has 2 aliphatic heterocycles. The third-order valence-corrected chi connectivity index (χ3v) is 8.87. The summed E-state index contributed by atoms with van der Waals surface area (Å²) in [6, 6.07) is 10.2. The van der Waals surface area contributed by atoms with E-state index in [-0.39, 0.29) is 54.9 Å². The van der Waals surface area contributed by atoms with Crippen molar-refractivity contribution >= 4 is 27.7 Å². The highest BCUT2D eigenvalue weighted by atomic mass is 32.2. The third kappa shape index (κ3) is 4.92. The largest absolute Gasteiger partial charge is 0.345 e. The van der Waals surface area contributed by atoms with Crippen molar-refractivity contribution in [1.29, 1.82) is 0 Å². The fraction of sp³-hybridized carbons (Fsp3) is 0.423. The molecule has 8 nitrogen and oxygen atoms in total. The summed E-state index contributed by atoms with van der Waals surface area (Å²) < 4.78 is 42.1. The average molecular weight is 515 g/mol. The summed E-state index contributed by atoms with van der Waals surface area (Å²) in [5.74, 6) is -0.728. The van der Waals surface area contributed by atoms with E-state index in [1.807, 2.05) is 6.92 Å². The van der Waals surface area contributed by atoms with Crippen LogP contribution in [0.5, 0.6) is 0 Å². The third-order valence-electron chi connectivity index (χ3n) is 7.00. The van der Waals surface area contributed by atoms with Crippen molar-refractivity contribution in [3.63, 3.8) is 0 Å². The molecule has 1 fully saturated rings. The number of amides is 2. The first-order valence-corrected chi connectivity index (χ1v) is 13.5. The van der Waals surface area contributed by atoms with Gasteiger partial charge in [-0.3, -0.25) is 14.6 Å². The first-order valence-electron chi connectivity index (χ1n) is 11.9. The number of aliphatic imine (C=N–C) groups is 1. The topological polar surface area (TPSA) is 99.2 Å². The number of carbonyl (C=O) groups excluding carboxylic acids is 2. The number of nitrogens with zero attached hydrogens (tertiary/aromatic N) is 3. The molecule has 0 aliphatic carbocycles. The van der Waals surface area contributed by atoms with Crippen LogP contribution < -0.4 is 5.32 Å². The lowest BCUT2D eigenvalue weighted by atomic mass is 9.89. The number of sulfonamides is 1. The average Bonchev–Trinajstić information content (AvgIpc) is 3.14. The summed E-state index contributed by atoms with van der Waals surface area (Å²) in [4.78, 5) is 31.0. The predicted octanol–water partition coefficient (Wildman–Crippen LogP) is 2.43. The second-order valence-corrected chi connectivity index (χ2v) is 11.8. The number of hydrogen-bond acceptors (Lipinski definition) is 5. The highest BCUT2D eigenvalue weighted by Crippen LogP contribution is 2.32. The summed E-state index contributed by atoms with van der Waals surface area (Å²) >= 11 is 0. The van der Waals surface area contributed by atoms with Gasteiger partial charge in [-0.15, -0.1) is 0 Å². The van der Waals surface area contributed by atoms with Crippen molar-refractivity contribution in [3.05, 3.63) is 70.0 Å². The molecule has 2 heterocycles. The molecule has 2 aromatic rings. The Morgan fingerprint density at radius 2 is 1.83 bits per heavy atom. The van der Waals surface area contributed by atoms with Gasteiger partial charge in [0, 0.05) is 32.7 Å². The molecule has 0 unspecified atom stereocenters. The molecule has 10 heteroatoms. The Labute approximate surface area is 211 Å². The molecule has 1 saturated heterocycles. The van der Waals surface area contributed by atoms with Gasteiger partial charge in [-0.05, 0) is 68.0 Å². The Balaban J connectivity index is 1.42. The maximum atomic E-state index is 14.6. The summed E-state index contributed by atoms with van der Waals surface area (Å²) in [6.45, 7) is 3.84. The molecule has 0 aromatic heterocycles. The van der Waals surface area contributed by atoms with Crippen molar-refractivity contribution in [2.24, 2.45) is 4.99 Å². The predicted molar refractivity (Wildman–Crippen MR) is 136 cm³/mol. The number of nitrogens with one attached hydrogen (secondary N) is 1. The number of benzene rings is 2. The molecule has 2 amide bonds. The minimum atomic E-state index is -3.56. The van der Waals surface area contributed by atoms with E-state index in [0.29, 0.717) is 17.5 Å². The van der Waals surface area contributed by atoms with Gasteiger partial charge >= 0.3 is 0 Å². The first-order chi connectivity index (χ1) is 16.9. The molecule has 0 radical (unpaired) electrons. The molecule has 0 bridgehead atoms. The summed E-state index contributed by atoms with van der Waals surface area (Å²) in [5, 5.41) is 2.70. The second kappa shape index (κ2) is 9.74. The van der Waals surface area contributed by atoms with E-state index in [4.69, 9.17) is 0 Å². The lowest BCUT2D eigenvalue weighted by molar-refractivity contribution is -0.124. The van der Waals surface area contributed by atoms with E-state index >= 15 is 0 Å². The Bertz CT molecular complexity index is 1350. The standard InChI is InChI=1S/C26H31FN4O4S/c1-17-6-5-7-21(22(17)27)23-28-25(33)26(29-23)11-13-31(14-12-26)36(34,35)15-10-19-8-9-20(16-18(19)2)24(32)30(3)4/h5-9,16H,10-15H2,1-4H3,(H,28,29,33). The van der Waals surface area contributed by atoms with Gasteiger partial charge in [-0.2, -0.15) is 0 Å². The van der Waals surface area contributed by atoms with E-state index in [1.54, 1.807) is 57.4 Å². The zero-order valence-electron chi connectivity index (χ0n) is 21.0. The van der Waals surface area contributed by atoms with Crippen LogP contribution >= 0.6 is 0 Å². The van der Waals surface area contributed by atoms with E-state index < -0.39 is 21.4 Å². The first kappa shape index (κ1) is 26.0. The Kier molecular flexibility index (Phi) is 7.03. The van der Waals surface area contributed by atoms with Crippen LogP contribution in [-0.4, -0.2) is 73.7 Å². The van der Waals surface area contributed by atoms with Gasteiger partial charge in [0.25, 0.3) is 11.8 Å². The number of piperidine rings is 1. The maximum Gasteiger partial charge on any atom is 0.253 e.